The van der Waals surface area contributed by atoms with Gasteiger partial charge in [0, 0.05) is 7.05 Å². The third-order valence-corrected chi connectivity index (χ3v) is 5.18. The van der Waals surface area contributed by atoms with E-state index in [4.69, 9.17) is 39.5 Å². The van der Waals surface area contributed by atoms with E-state index in [0.717, 1.165) is 0 Å². The number of para-hydroxylation sites is 1. The second-order valence-electron chi connectivity index (χ2n) is 5.96. The van der Waals surface area contributed by atoms with Crippen LogP contribution in [0.5, 0.6) is 0 Å². The minimum absolute atomic E-state index is 0.0940. The van der Waals surface area contributed by atoms with Gasteiger partial charge in [-0.15, -0.1) is 0 Å². The summed E-state index contributed by atoms with van der Waals surface area (Å²) in [7, 11) is 1.71. The third kappa shape index (κ3) is 3.97. The number of nitrogens with zero attached hydrogens (tertiary/aromatic N) is 2. The van der Waals surface area contributed by atoms with Crippen LogP contribution in [0, 0.1) is 6.92 Å². The third-order valence-electron chi connectivity index (χ3n) is 3.81. The topological polar surface area (TPSA) is 65.3 Å². The molecule has 0 aliphatic heterocycles. The normalized spacial score (nSPS) is 12.1. The van der Waals surface area contributed by atoms with Crippen molar-refractivity contribution in [3.63, 3.8) is 0 Å². The number of ether oxygens (including phenoxy) is 1. The number of anilines is 1. The van der Waals surface area contributed by atoms with Crippen molar-refractivity contribution < 1.29 is 9.53 Å². The molecule has 0 aliphatic carbocycles. The van der Waals surface area contributed by atoms with Gasteiger partial charge in [0.15, 0.2) is 5.60 Å². The van der Waals surface area contributed by atoms with Gasteiger partial charge in [0.05, 0.1) is 11.4 Å². The van der Waals surface area contributed by atoms with E-state index >= 15 is 0 Å². The zero-order valence-electron chi connectivity index (χ0n) is 14.1. The van der Waals surface area contributed by atoms with Gasteiger partial charge in [0.25, 0.3) is 5.56 Å². The number of aromatic nitrogens is 2. The van der Waals surface area contributed by atoms with Gasteiger partial charge in [-0.05, 0) is 32.9 Å². The number of amides is 1. The lowest BCUT2D eigenvalue weighted by molar-refractivity contribution is 0.0519. The first-order valence-corrected chi connectivity index (χ1v) is 8.50. The Bertz CT molecular complexity index is 836. The van der Waals surface area contributed by atoms with Gasteiger partial charge >= 0.3 is 6.09 Å². The minimum Gasteiger partial charge on any atom is -0.439 e. The van der Waals surface area contributed by atoms with Gasteiger partial charge in [-0.3, -0.25) is 14.8 Å². The monoisotopic (exact) mass is 405 g/mol. The molecule has 1 N–H and O–H groups in total. The summed E-state index contributed by atoms with van der Waals surface area (Å²) >= 11 is 17.4. The molecule has 136 valence electrons. The molecule has 0 aliphatic rings. The molecule has 1 amide bonds. The highest BCUT2D eigenvalue weighted by Gasteiger charge is 2.44. The molecule has 25 heavy (non-hydrogen) atoms. The van der Waals surface area contributed by atoms with E-state index in [9.17, 15) is 9.59 Å². The Kier molecular flexibility index (Phi) is 5.47. The van der Waals surface area contributed by atoms with E-state index in [1.807, 2.05) is 18.2 Å². The molecule has 1 heterocycles. The zero-order valence-corrected chi connectivity index (χ0v) is 16.4. The number of hydrogen-bond acceptors (Lipinski definition) is 3. The summed E-state index contributed by atoms with van der Waals surface area (Å²) in [5.74, 6) is 0. The van der Waals surface area contributed by atoms with Crippen molar-refractivity contribution in [3.05, 3.63) is 46.4 Å². The number of alkyl halides is 3. The molecule has 0 radical (unpaired) electrons. The Labute approximate surface area is 160 Å². The molecule has 0 fully saturated rings. The van der Waals surface area contributed by atoms with Crippen LogP contribution in [0.3, 0.4) is 0 Å². The van der Waals surface area contributed by atoms with Gasteiger partial charge in [-0.1, -0.05) is 53.0 Å². The second-order valence-corrected chi connectivity index (χ2v) is 8.24. The molecule has 0 spiro atoms. The number of benzene rings is 1. The maximum Gasteiger partial charge on any atom is 0.412 e. The highest BCUT2D eigenvalue weighted by atomic mass is 35.6. The zero-order chi connectivity index (χ0) is 19.0. The fraction of sp³-hybridized carbons (Fsp3) is 0.375. The van der Waals surface area contributed by atoms with Crippen LogP contribution in [0.2, 0.25) is 0 Å². The van der Waals surface area contributed by atoms with Crippen molar-refractivity contribution in [3.8, 4) is 5.69 Å². The van der Waals surface area contributed by atoms with Gasteiger partial charge in [0.2, 0.25) is 3.79 Å². The maximum atomic E-state index is 12.7. The largest absolute Gasteiger partial charge is 0.439 e. The molecule has 0 bridgehead atoms. The summed E-state index contributed by atoms with van der Waals surface area (Å²) < 4.78 is 6.42. The van der Waals surface area contributed by atoms with Crippen LogP contribution in [-0.4, -0.2) is 24.9 Å². The molecular formula is C16H18Cl3N3O3. The molecule has 1 aromatic carbocycles. The van der Waals surface area contributed by atoms with Gasteiger partial charge in [-0.25, -0.2) is 9.48 Å². The van der Waals surface area contributed by atoms with Crippen LogP contribution in [-0.2, 0) is 11.8 Å². The Morgan fingerprint density at radius 2 is 1.72 bits per heavy atom. The van der Waals surface area contributed by atoms with Crippen molar-refractivity contribution in [2.45, 2.75) is 30.2 Å². The van der Waals surface area contributed by atoms with Crippen molar-refractivity contribution >= 4 is 46.6 Å². The van der Waals surface area contributed by atoms with Crippen LogP contribution < -0.4 is 10.9 Å². The molecule has 0 unspecified atom stereocenters. The van der Waals surface area contributed by atoms with Crippen LogP contribution in [0.1, 0.15) is 19.5 Å². The van der Waals surface area contributed by atoms with Gasteiger partial charge in [-0.2, -0.15) is 0 Å². The SMILES string of the molecule is Cc1c(NC(=O)OC(C)(C)C(Cl)(Cl)Cl)c(=O)n(-c2ccccc2)n1C. The van der Waals surface area contributed by atoms with E-state index in [1.165, 1.54) is 18.5 Å². The Balaban J connectivity index is 2.33. The predicted octanol–water partition coefficient (Wildman–Crippen LogP) is 4.18. The van der Waals surface area contributed by atoms with Crippen molar-refractivity contribution in [2.75, 3.05) is 5.32 Å². The highest BCUT2D eigenvalue weighted by Crippen LogP contribution is 2.40. The molecule has 1 aromatic heterocycles. The summed E-state index contributed by atoms with van der Waals surface area (Å²) in [6.45, 7) is 4.62. The molecule has 0 atom stereocenters. The van der Waals surface area contributed by atoms with Crippen LogP contribution in [0.25, 0.3) is 5.69 Å². The van der Waals surface area contributed by atoms with E-state index < -0.39 is 21.0 Å². The number of halogens is 3. The summed E-state index contributed by atoms with van der Waals surface area (Å²) in [4.78, 5) is 24.9. The lowest BCUT2D eigenvalue weighted by Gasteiger charge is -2.31. The lowest BCUT2D eigenvalue weighted by atomic mass is 10.2. The van der Waals surface area contributed by atoms with Crippen LogP contribution >= 0.6 is 34.8 Å². The summed E-state index contributed by atoms with van der Waals surface area (Å²) in [5, 5.41) is 2.45. The van der Waals surface area contributed by atoms with E-state index in [1.54, 1.807) is 30.8 Å². The molecule has 0 saturated heterocycles. The molecule has 6 nitrogen and oxygen atoms in total. The molecule has 2 aromatic rings. The van der Waals surface area contributed by atoms with Crippen molar-refractivity contribution in [1.82, 2.24) is 9.36 Å². The molecular weight excluding hydrogens is 389 g/mol. The Morgan fingerprint density at radius 3 is 2.24 bits per heavy atom. The van der Waals surface area contributed by atoms with Crippen LogP contribution in [0.15, 0.2) is 35.1 Å². The number of carbonyl (C=O) groups excluding carboxylic acids is 1. The molecule has 0 saturated carbocycles. The molecule has 9 heteroatoms. The average Bonchev–Trinajstić information content (AvgIpc) is 2.70. The number of nitrogens with one attached hydrogen (secondary N) is 1. The first-order chi connectivity index (χ1) is 11.5. The smallest absolute Gasteiger partial charge is 0.412 e. The Morgan fingerprint density at radius 1 is 1.16 bits per heavy atom. The van der Waals surface area contributed by atoms with E-state index in [2.05, 4.69) is 5.32 Å². The molecule has 2 rings (SSSR count). The van der Waals surface area contributed by atoms with Crippen LogP contribution in [0.4, 0.5) is 10.5 Å². The van der Waals surface area contributed by atoms with Gasteiger partial charge in [0.1, 0.15) is 5.69 Å². The van der Waals surface area contributed by atoms with Gasteiger partial charge < -0.3 is 4.74 Å². The summed E-state index contributed by atoms with van der Waals surface area (Å²) in [6, 6.07) is 9.05. The quantitative estimate of drug-likeness (QED) is 0.778. The first-order valence-electron chi connectivity index (χ1n) is 7.36. The summed E-state index contributed by atoms with van der Waals surface area (Å²) in [5.41, 5.74) is -0.465. The standard InChI is InChI=1S/C16H18Cl3N3O3/c1-10-12(20-14(24)25-15(2,3)16(17,18)19)13(23)22(21(10)4)11-8-6-5-7-9-11/h5-9H,1-4H3,(H,20,24). The average molecular weight is 407 g/mol. The number of rotatable bonds is 3. The van der Waals surface area contributed by atoms with E-state index in [0.29, 0.717) is 11.4 Å². The number of carbonyl (C=O) groups is 1. The van der Waals surface area contributed by atoms with Crippen molar-refractivity contribution in [1.29, 1.82) is 0 Å². The Hall–Kier alpha value is -1.63. The fourth-order valence-corrected chi connectivity index (χ4v) is 2.25. The maximum absolute atomic E-state index is 12.7. The minimum atomic E-state index is -1.82. The predicted molar refractivity (Wildman–Crippen MR) is 100 cm³/mol. The second kappa shape index (κ2) is 6.94. The van der Waals surface area contributed by atoms with Crippen molar-refractivity contribution in [2.24, 2.45) is 7.05 Å². The highest BCUT2D eigenvalue weighted by molar-refractivity contribution is 6.68. The first kappa shape index (κ1) is 19.7. The summed E-state index contributed by atoms with van der Waals surface area (Å²) in [6.07, 6.45) is -0.887. The number of hydrogen-bond donors (Lipinski definition) is 1. The lowest BCUT2D eigenvalue weighted by Crippen LogP contribution is -2.42. The van der Waals surface area contributed by atoms with E-state index in [-0.39, 0.29) is 5.69 Å². The fourth-order valence-electron chi connectivity index (χ4n) is 2.13.